The van der Waals surface area contributed by atoms with Crippen molar-refractivity contribution in [1.29, 1.82) is 0 Å². The molecule has 2 rings (SSSR count). The highest BCUT2D eigenvalue weighted by atomic mass is 79.9. The molecule has 3 nitrogen and oxygen atoms in total. The third-order valence-corrected chi connectivity index (χ3v) is 2.90. The minimum atomic E-state index is -0.354. The van der Waals surface area contributed by atoms with Gasteiger partial charge in [0.25, 0.3) is 0 Å². The first-order valence-electron chi connectivity index (χ1n) is 5.12. The fourth-order valence-electron chi connectivity index (χ4n) is 1.54. The van der Waals surface area contributed by atoms with Crippen molar-refractivity contribution in [1.82, 2.24) is 9.97 Å². The summed E-state index contributed by atoms with van der Waals surface area (Å²) in [5.41, 5.74) is 7.19. The molecule has 0 saturated heterocycles. The zero-order valence-corrected chi connectivity index (χ0v) is 10.6. The predicted molar refractivity (Wildman–Crippen MR) is 66.8 cm³/mol. The molecule has 5 heteroatoms. The lowest BCUT2D eigenvalue weighted by Crippen LogP contribution is -2.15. The third kappa shape index (κ3) is 3.08. The minimum absolute atomic E-state index is 0.257. The van der Waals surface area contributed by atoms with E-state index in [9.17, 15) is 4.39 Å². The first-order chi connectivity index (χ1) is 8.16. The summed E-state index contributed by atoms with van der Waals surface area (Å²) >= 11 is 3.31. The maximum atomic E-state index is 13.5. The van der Waals surface area contributed by atoms with E-state index in [2.05, 4.69) is 25.9 Å². The van der Waals surface area contributed by atoms with Crippen LogP contribution in [0, 0.1) is 5.82 Å². The lowest BCUT2D eigenvalue weighted by molar-refractivity contribution is 0.589. The van der Waals surface area contributed by atoms with Crippen molar-refractivity contribution in [2.75, 3.05) is 0 Å². The van der Waals surface area contributed by atoms with E-state index in [1.165, 1.54) is 6.07 Å². The van der Waals surface area contributed by atoms with E-state index in [4.69, 9.17) is 5.73 Å². The van der Waals surface area contributed by atoms with Gasteiger partial charge in [0.15, 0.2) is 0 Å². The molecule has 0 fully saturated rings. The molecule has 1 unspecified atom stereocenters. The van der Waals surface area contributed by atoms with E-state index < -0.39 is 0 Å². The number of halogens is 2. The Morgan fingerprint density at radius 3 is 2.88 bits per heavy atom. The van der Waals surface area contributed by atoms with Crippen LogP contribution in [0.2, 0.25) is 0 Å². The molecule has 2 N–H and O–H groups in total. The highest BCUT2D eigenvalue weighted by Gasteiger charge is 2.11. The normalized spacial score (nSPS) is 12.4. The first-order valence-corrected chi connectivity index (χ1v) is 5.91. The van der Waals surface area contributed by atoms with Gasteiger partial charge < -0.3 is 5.73 Å². The van der Waals surface area contributed by atoms with Crippen LogP contribution in [0.25, 0.3) is 0 Å². The van der Waals surface area contributed by atoms with Gasteiger partial charge in [-0.25, -0.2) is 4.39 Å². The standard InChI is InChI=1S/C12H11BrFN3/c13-9-1-2-10(14)8(5-9)6-11(15)12-7-16-3-4-17-12/h1-5,7,11H,6,15H2. The summed E-state index contributed by atoms with van der Waals surface area (Å²) in [5, 5.41) is 0. The minimum Gasteiger partial charge on any atom is -0.322 e. The van der Waals surface area contributed by atoms with E-state index >= 15 is 0 Å². The van der Waals surface area contributed by atoms with Crippen LogP contribution in [0.4, 0.5) is 4.39 Å². The Morgan fingerprint density at radius 1 is 1.35 bits per heavy atom. The number of aromatic nitrogens is 2. The second-order valence-electron chi connectivity index (χ2n) is 3.68. The molecule has 0 bridgehead atoms. The second kappa shape index (κ2) is 5.33. The number of nitrogens with two attached hydrogens (primary N) is 1. The molecule has 88 valence electrons. The van der Waals surface area contributed by atoms with E-state index in [0.717, 1.165) is 4.47 Å². The van der Waals surface area contributed by atoms with E-state index in [1.54, 1.807) is 30.7 Å². The molecule has 0 aliphatic rings. The molecule has 2 aromatic rings. The van der Waals surface area contributed by atoms with Crippen molar-refractivity contribution >= 4 is 15.9 Å². The summed E-state index contributed by atoms with van der Waals surface area (Å²) in [5.74, 6) is -0.257. The highest BCUT2D eigenvalue weighted by Crippen LogP contribution is 2.20. The topological polar surface area (TPSA) is 51.8 Å². The van der Waals surface area contributed by atoms with Gasteiger partial charge in [-0.3, -0.25) is 9.97 Å². The molecular weight excluding hydrogens is 285 g/mol. The summed E-state index contributed by atoms with van der Waals surface area (Å²) in [6, 6.07) is 4.45. The van der Waals surface area contributed by atoms with Crippen LogP contribution in [0.15, 0.2) is 41.3 Å². The van der Waals surface area contributed by atoms with Crippen LogP contribution in [0.1, 0.15) is 17.3 Å². The summed E-state index contributed by atoms with van der Waals surface area (Å²) in [6.45, 7) is 0. The average Bonchev–Trinajstić information content (AvgIpc) is 2.35. The Labute approximate surface area is 107 Å². The van der Waals surface area contributed by atoms with Crippen LogP contribution < -0.4 is 5.73 Å². The Hall–Kier alpha value is -1.33. The fraction of sp³-hybridized carbons (Fsp3) is 0.167. The van der Waals surface area contributed by atoms with E-state index in [1.807, 2.05) is 0 Å². The second-order valence-corrected chi connectivity index (χ2v) is 4.59. The predicted octanol–water partition coefficient (Wildman–Crippen LogP) is 2.62. The Bertz CT molecular complexity index is 504. The molecule has 1 aromatic heterocycles. The van der Waals surface area contributed by atoms with Gasteiger partial charge in [-0.1, -0.05) is 15.9 Å². The smallest absolute Gasteiger partial charge is 0.126 e. The molecule has 0 saturated carbocycles. The van der Waals surface area contributed by atoms with Gasteiger partial charge >= 0.3 is 0 Å². The zero-order valence-electron chi connectivity index (χ0n) is 8.98. The van der Waals surface area contributed by atoms with Crippen molar-refractivity contribution in [3.8, 4) is 0 Å². The quantitative estimate of drug-likeness (QED) is 0.947. The van der Waals surface area contributed by atoms with Gasteiger partial charge in [0.1, 0.15) is 5.82 Å². The SMILES string of the molecule is NC(Cc1cc(Br)ccc1F)c1cnccn1. The van der Waals surface area contributed by atoms with Gasteiger partial charge in [0.05, 0.1) is 11.7 Å². The number of rotatable bonds is 3. The van der Waals surface area contributed by atoms with Crippen LogP contribution in [0.3, 0.4) is 0 Å². The van der Waals surface area contributed by atoms with E-state index in [0.29, 0.717) is 17.7 Å². The molecule has 17 heavy (non-hydrogen) atoms. The zero-order chi connectivity index (χ0) is 12.3. The number of hydrogen-bond acceptors (Lipinski definition) is 3. The van der Waals surface area contributed by atoms with Crippen molar-refractivity contribution in [2.45, 2.75) is 12.5 Å². The van der Waals surface area contributed by atoms with E-state index in [-0.39, 0.29) is 11.9 Å². The number of hydrogen-bond donors (Lipinski definition) is 1. The van der Waals surface area contributed by atoms with Crippen molar-refractivity contribution < 1.29 is 4.39 Å². The highest BCUT2D eigenvalue weighted by molar-refractivity contribution is 9.10. The summed E-state index contributed by atoms with van der Waals surface area (Å²) in [7, 11) is 0. The molecule has 1 heterocycles. The molecular formula is C12H11BrFN3. The number of nitrogens with zero attached hydrogens (tertiary/aromatic N) is 2. The summed E-state index contributed by atoms with van der Waals surface area (Å²) < 4.78 is 14.4. The van der Waals surface area contributed by atoms with Crippen molar-refractivity contribution in [2.24, 2.45) is 5.73 Å². The van der Waals surface area contributed by atoms with Crippen LogP contribution in [0.5, 0.6) is 0 Å². The molecule has 0 aliphatic heterocycles. The van der Waals surface area contributed by atoms with Gasteiger partial charge in [-0.15, -0.1) is 0 Å². The van der Waals surface area contributed by atoms with Crippen molar-refractivity contribution in [3.63, 3.8) is 0 Å². The first kappa shape index (κ1) is 12.1. The molecule has 0 amide bonds. The molecule has 0 aliphatic carbocycles. The maximum absolute atomic E-state index is 13.5. The fourth-order valence-corrected chi connectivity index (χ4v) is 1.95. The van der Waals surface area contributed by atoms with Gasteiger partial charge in [-0.05, 0) is 30.2 Å². The molecule has 0 radical (unpaired) electrons. The van der Waals surface area contributed by atoms with Crippen LogP contribution >= 0.6 is 15.9 Å². The molecule has 1 aromatic carbocycles. The van der Waals surface area contributed by atoms with Gasteiger partial charge in [0, 0.05) is 23.1 Å². The van der Waals surface area contributed by atoms with Crippen LogP contribution in [-0.4, -0.2) is 9.97 Å². The Balaban J connectivity index is 2.18. The molecule has 0 spiro atoms. The van der Waals surface area contributed by atoms with Crippen molar-refractivity contribution in [3.05, 3.63) is 58.3 Å². The largest absolute Gasteiger partial charge is 0.322 e. The number of benzene rings is 1. The lowest BCUT2D eigenvalue weighted by Gasteiger charge is -2.11. The van der Waals surface area contributed by atoms with Crippen LogP contribution in [-0.2, 0) is 6.42 Å². The van der Waals surface area contributed by atoms with Gasteiger partial charge in [0.2, 0.25) is 0 Å². The lowest BCUT2D eigenvalue weighted by atomic mass is 10.0. The third-order valence-electron chi connectivity index (χ3n) is 2.41. The maximum Gasteiger partial charge on any atom is 0.126 e. The summed E-state index contributed by atoms with van der Waals surface area (Å²) in [6.07, 6.45) is 5.15. The molecule has 1 atom stereocenters. The monoisotopic (exact) mass is 295 g/mol. The van der Waals surface area contributed by atoms with Gasteiger partial charge in [-0.2, -0.15) is 0 Å². The Kier molecular flexibility index (Phi) is 3.81. The Morgan fingerprint density at radius 2 is 2.18 bits per heavy atom. The average molecular weight is 296 g/mol. The summed E-state index contributed by atoms with van der Waals surface area (Å²) in [4.78, 5) is 8.05.